The summed E-state index contributed by atoms with van der Waals surface area (Å²) in [6, 6.07) is 7.95. The lowest BCUT2D eigenvalue weighted by molar-refractivity contribution is -0.145. The van der Waals surface area contributed by atoms with Crippen LogP contribution in [0.4, 0.5) is 0 Å². The zero-order chi connectivity index (χ0) is 38.4. The Morgan fingerprint density at radius 3 is 2.38 bits per heavy atom. The van der Waals surface area contributed by atoms with Crippen LogP contribution in [0.3, 0.4) is 0 Å². The van der Waals surface area contributed by atoms with Crippen molar-refractivity contribution in [3.63, 3.8) is 0 Å². The Morgan fingerprint density at radius 2 is 1.77 bits per heavy atom. The smallest absolute Gasteiger partial charge is 0.308 e. The number of carbonyl (C=O) groups is 4. The molecule has 2 heterocycles. The number of nitrogens with zero attached hydrogens (tertiary/aromatic N) is 3. The normalized spacial score (nSPS) is 18.5. The van der Waals surface area contributed by atoms with Gasteiger partial charge in [-0.25, -0.2) is 4.98 Å². The summed E-state index contributed by atoms with van der Waals surface area (Å²) in [6.45, 7) is 11.2. The van der Waals surface area contributed by atoms with Crippen molar-refractivity contribution in [2.75, 3.05) is 41.0 Å². The van der Waals surface area contributed by atoms with Gasteiger partial charge in [0.25, 0.3) is 5.91 Å². The highest BCUT2D eigenvalue weighted by molar-refractivity contribution is 7.09. The Morgan fingerprint density at radius 1 is 1.06 bits per heavy atom. The Labute approximate surface area is 314 Å². The van der Waals surface area contributed by atoms with E-state index in [1.807, 2.05) is 65.1 Å². The van der Waals surface area contributed by atoms with Crippen LogP contribution >= 0.6 is 11.3 Å². The number of hydrogen-bond donors (Lipinski definition) is 3. The molecule has 1 aromatic carbocycles. The first-order valence-corrected chi connectivity index (χ1v) is 19.5. The number of esters is 1. The molecule has 0 bridgehead atoms. The Hall–Kier alpha value is -3.39. The molecule has 0 aliphatic carbocycles. The van der Waals surface area contributed by atoms with Crippen molar-refractivity contribution in [1.29, 1.82) is 0 Å². The number of rotatable bonds is 20. The maximum absolute atomic E-state index is 14.4. The second kappa shape index (κ2) is 21.3. The second-order valence-electron chi connectivity index (χ2n) is 14.5. The first-order chi connectivity index (χ1) is 24.8. The minimum absolute atomic E-state index is 0.0495. The number of aliphatic hydroxyl groups is 1. The molecule has 1 aliphatic rings. The molecule has 1 aromatic heterocycles. The lowest BCUT2D eigenvalue weighted by atomic mass is 9.92. The van der Waals surface area contributed by atoms with Gasteiger partial charge >= 0.3 is 5.97 Å². The number of thiazole rings is 1. The first kappa shape index (κ1) is 43.0. The quantitative estimate of drug-likeness (QED) is 0.165. The van der Waals surface area contributed by atoms with E-state index in [1.165, 1.54) is 18.4 Å². The number of carbonyl (C=O) groups excluding carboxylic acids is 4. The van der Waals surface area contributed by atoms with Gasteiger partial charge in [0.2, 0.25) is 11.8 Å². The Balaban J connectivity index is 1.79. The third kappa shape index (κ3) is 12.3. The summed E-state index contributed by atoms with van der Waals surface area (Å²) in [5, 5.41) is 19.7. The molecular formula is C39H61N5O7S. The number of nitrogens with one attached hydrogen (secondary N) is 2. The fourth-order valence-corrected chi connectivity index (χ4v) is 7.65. The van der Waals surface area contributed by atoms with Crippen molar-refractivity contribution >= 4 is 35.0 Å². The van der Waals surface area contributed by atoms with Gasteiger partial charge in [0.1, 0.15) is 22.8 Å². The average molecular weight is 744 g/mol. The third-order valence-electron chi connectivity index (χ3n) is 10.2. The molecule has 3 amide bonds. The number of aromatic nitrogens is 1. The zero-order valence-electron chi connectivity index (χ0n) is 32.3. The average Bonchev–Trinajstić information content (AvgIpc) is 3.64. The van der Waals surface area contributed by atoms with Gasteiger partial charge in [0.15, 0.2) is 0 Å². The summed E-state index contributed by atoms with van der Waals surface area (Å²) >= 11 is 1.18. The molecule has 0 saturated carbocycles. The van der Waals surface area contributed by atoms with E-state index in [1.54, 1.807) is 24.3 Å². The highest BCUT2D eigenvalue weighted by atomic mass is 32.1. The van der Waals surface area contributed by atoms with Crippen molar-refractivity contribution in [3.05, 3.63) is 52.0 Å². The van der Waals surface area contributed by atoms with E-state index >= 15 is 0 Å². The molecule has 0 spiro atoms. The van der Waals surface area contributed by atoms with E-state index < -0.39 is 30.0 Å². The number of methoxy groups -OCH3 is 2. The molecular weight excluding hydrogens is 683 g/mol. The van der Waals surface area contributed by atoms with E-state index in [2.05, 4.69) is 20.5 Å². The number of piperidine rings is 1. The van der Waals surface area contributed by atoms with Crippen LogP contribution in [-0.4, -0.2) is 109 Å². The summed E-state index contributed by atoms with van der Waals surface area (Å²) in [6.07, 6.45) is 3.50. The zero-order valence-corrected chi connectivity index (χ0v) is 33.1. The first-order valence-electron chi connectivity index (χ1n) is 18.7. The van der Waals surface area contributed by atoms with E-state index in [0.717, 1.165) is 31.4 Å². The van der Waals surface area contributed by atoms with Crippen LogP contribution in [0.1, 0.15) is 100 Å². The van der Waals surface area contributed by atoms with E-state index in [-0.39, 0.29) is 67.0 Å². The molecule has 13 heteroatoms. The van der Waals surface area contributed by atoms with Crippen LogP contribution in [0.2, 0.25) is 0 Å². The molecule has 1 aliphatic heterocycles. The summed E-state index contributed by atoms with van der Waals surface area (Å²) in [5.41, 5.74) is 1.19. The molecule has 3 rings (SSSR count). The number of hydrogen-bond acceptors (Lipinski definition) is 10. The molecule has 0 radical (unpaired) electrons. The molecule has 2 aromatic rings. The number of ether oxygens (including phenoxy) is 2. The monoisotopic (exact) mass is 743 g/mol. The van der Waals surface area contributed by atoms with Gasteiger partial charge in [-0.1, -0.05) is 77.8 Å². The number of likely N-dealkylation sites (tertiary alicyclic amines) is 1. The third-order valence-corrected chi connectivity index (χ3v) is 11.2. The van der Waals surface area contributed by atoms with Gasteiger partial charge in [0, 0.05) is 37.5 Å². The molecule has 1 saturated heterocycles. The van der Waals surface area contributed by atoms with Crippen LogP contribution in [0.15, 0.2) is 35.7 Å². The minimum Gasteiger partial charge on any atom is -0.469 e. The molecule has 3 N–H and O–H groups in total. The van der Waals surface area contributed by atoms with E-state index in [9.17, 15) is 24.3 Å². The van der Waals surface area contributed by atoms with Crippen LogP contribution in [0.25, 0.3) is 0 Å². The van der Waals surface area contributed by atoms with E-state index in [4.69, 9.17) is 9.47 Å². The predicted molar refractivity (Wildman–Crippen MR) is 203 cm³/mol. The van der Waals surface area contributed by atoms with Crippen molar-refractivity contribution in [1.82, 2.24) is 25.4 Å². The number of benzene rings is 1. The number of aliphatic hydroxyl groups excluding tert-OH is 1. The molecule has 1 unspecified atom stereocenters. The number of likely N-dealkylation sites (N-methyl/N-ethyl adjacent to an activating group) is 1. The fourth-order valence-electron chi connectivity index (χ4n) is 6.86. The van der Waals surface area contributed by atoms with Gasteiger partial charge in [-0.15, -0.1) is 11.3 Å². The molecule has 52 heavy (non-hydrogen) atoms. The van der Waals surface area contributed by atoms with Crippen LogP contribution < -0.4 is 10.6 Å². The maximum Gasteiger partial charge on any atom is 0.308 e. The molecule has 12 nitrogen and oxygen atoms in total. The lowest BCUT2D eigenvalue weighted by Crippen LogP contribution is -2.59. The maximum atomic E-state index is 14.4. The van der Waals surface area contributed by atoms with Crippen molar-refractivity contribution in [2.24, 2.45) is 17.8 Å². The van der Waals surface area contributed by atoms with Crippen LogP contribution in [-0.2, 0) is 30.3 Å². The summed E-state index contributed by atoms with van der Waals surface area (Å²) in [5.74, 6) is -1.67. The summed E-state index contributed by atoms with van der Waals surface area (Å²) in [4.78, 5) is 62.0. The van der Waals surface area contributed by atoms with Gasteiger partial charge in [-0.05, 0) is 56.7 Å². The van der Waals surface area contributed by atoms with E-state index in [0.29, 0.717) is 24.3 Å². The largest absolute Gasteiger partial charge is 0.469 e. The van der Waals surface area contributed by atoms with Gasteiger partial charge < -0.3 is 30.1 Å². The highest BCUT2D eigenvalue weighted by Gasteiger charge is 2.38. The van der Waals surface area contributed by atoms with Gasteiger partial charge in [-0.2, -0.15) is 0 Å². The van der Waals surface area contributed by atoms with Crippen molar-refractivity contribution < 1.29 is 33.8 Å². The standard InChI is InChI=1S/C39H61N5O7S/c1-9-26(4)34(42-36(47)31-17-13-14-18-43(31)6)38(48)44(19-20-50-7)32(25(2)3)23-33(45)37-41-30(24-52-37)35(46)40-29(21-27(5)39(49)51-8)22-28-15-11-10-12-16-28/h10-12,15-16,24-27,29,31-34,45H,9,13-14,17-23H2,1-8H3,(H,40,46)(H,42,47)/t26-,27-,29+,31?,32-,33+,34-/m0/s1. The van der Waals surface area contributed by atoms with Gasteiger partial charge in [0.05, 0.1) is 25.7 Å². The minimum atomic E-state index is -1.05. The fraction of sp³-hybridized carbons (Fsp3) is 0.667. The predicted octanol–water partition coefficient (Wildman–Crippen LogP) is 4.62. The topological polar surface area (TPSA) is 150 Å². The molecule has 1 fully saturated rings. The Bertz CT molecular complexity index is 1420. The van der Waals surface area contributed by atoms with Crippen molar-refractivity contribution in [2.45, 2.75) is 110 Å². The van der Waals surface area contributed by atoms with Crippen LogP contribution in [0, 0.1) is 17.8 Å². The summed E-state index contributed by atoms with van der Waals surface area (Å²) in [7, 11) is 4.88. The second-order valence-corrected chi connectivity index (χ2v) is 15.4. The number of amides is 3. The summed E-state index contributed by atoms with van der Waals surface area (Å²) < 4.78 is 10.3. The lowest BCUT2D eigenvalue weighted by Gasteiger charge is -2.39. The van der Waals surface area contributed by atoms with Crippen LogP contribution in [0.5, 0.6) is 0 Å². The van der Waals surface area contributed by atoms with Gasteiger partial charge in [-0.3, -0.25) is 24.1 Å². The SMILES string of the molecule is CC[C@H](C)[C@H](NC(=O)C1CCCCN1C)C(=O)N(CCOC)[C@@H](C[C@@H](O)c1nc(C(=O)N[C@@H](Cc2ccccc2)C[C@H](C)C(=O)OC)cs1)C(C)C. The van der Waals surface area contributed by atoms with Crippen molar-refractivity contribution in [3.8, 4) is 0 Å². The highest BCUT2D eigenvalue weighted by Crippen LogP contribution is 2.29. The molecule has 290 valence electrons. The Kier molecular flexibility index (Phi) is 17.7. The molecule has 7 atom stereocenters.